The number of aromatic nitrogens is 2. The molecule has 1 atom stereocenters. The lowest BCUT2D eigenvalue weighted by Gasteiger charge is -2.14. The van der Waals surface area contributed by atoms with Crippen LogP contribution in [0.5, 0.6) is 0 Å². The van der Waals surface area contributed by atoms with Crippen LogP contribution in [-0.4, -0.2) is 24.5 Å². The van der Waals surface area contributed by atoms with Crippen molar-refractivity contribution in [2.75, 3.05) is 16.3 Å². The van der Waals surface area contributed by atoms with Gasteiger partial charge in [-0.05, 0) is 24.6 Å². The van der Waals surface area contributed by atoms with Crippen LogP contribution in [0.25, 0.3) is 0 Å². The monoisotopic (exact) mass is 294 g/mol. The highest BCUT2D eigenvalue weighted by Crippen LogP contribution is 2.20. The predicted molar refractivity (Wildman–Crippen MR) is 80.2 cm³/mol. The smallest absolute Gasteiger partial charge is 0.229 e. The molecule has 2 aromatic rings. The Bertz CT molecular complexity index is 677. The number of sulfonamides is 1. The summed E-state index contributed by atoms with van der Waals surface area (Å²) in [7, 11) is -1.37. The molecule has 0 amide bonds. The van der Waals surface area contributed by atoms with E-state index in [1.165, 1.54) is 0 Å². The minimum Gasteiger partial charge on any atom is -0.376 e. The van der Waals surface area contributed by atoms with Crippen LogP contribution in [0, 0.1) is 0 Å². The van der Waals surface area contributed by atoms with Crippen molar-refractivity contribution >= 4 is 21.4 Å². The number of nitrogens with zero attached hydrogens (tertiary/aromatic N) is 2. The summed E-state index contributed by atoms with van der Waals surface area (Å²) in [4.78, 5) is 0. The van der Waals surface area contributed by atoms with Crippen LogP contribution in [0.15, 0.2) is 36.7 Å². The van der Waals surface area contributed by atoms with Gasteiger partial charge < -0.3 is 5.32 Å². The fourth-order valence-electron chi connectivity index (χ4n) is 1.88. The molecule has 0 saturated carbocycles. The van der Waals surface area contributed by atoms with Gasteiger partial charge in [0.05, 0.1) is 18.1 Å². The van der Waals surface area contributed by atoms with E-state index in [1.807, 2.05) is 32.3 Å². The molecule has 0 radical (unpaired) electrons. The van der Waals surface area contributed by atoms with Crippen LogP contribution in [0.1, 0.15) is 18.5 Å². The summed E-state index contributed by atoms with van der Waals surface area (Å²) in [6, 6.07) is 7.38. The summed E-state index contributed by atoms with van der Waals surface area (Å²) in [6.07, 6.45) is 4.79. The highest BCUT2D eigenvalue weighted by Gasteiger charge is 2.07. The molecule has 1 aromatic heterocycles. The highest BCUT2D eigenvalue weighted by atomic mass is 32.2. The Morgan fingerprint density at radius 2 is 1.85 bits per heavy atom. The second kappa shape index (κ2) is 5.54. The summed E-state index contributed by atoms with van der Waals surface area (Å²) in [5, 5.41) is 7.42. The van der Waals surface area contributed by atoms with Gasteiger partial charge in [0.25, 0.3) is 0 Å². The van der Waals surface area contributed by atoms with Crippen molar-refractivity contribution in [1.29, 1.82) is 0 Å². The number of rotatable bonds is 5. The Balaban J connectivity index is 2.05. The summed E-state index contributed by atoms with van der Waals surface area (Å²) >= 11 is 0. The predicted octanol–water partition coefficient (Wildman–Crippen LogP) is 1.96. The standard InChI is InChI=1S/C13H18N4O2S/c1-10(15-13-8-14-17(2)9-13)11-4-6-12(7-5-11)16-20(3,18)19/h4-10,15-16H,1-3H3. The number of hydrogen-bond donors (Lipinski definition) is 2. The van der Waals surface area contributed by atoms with Gasteiger partial charge in [0.15, 0.2) is 0 Å². The third kappa shape index (κ3) is 3.99. The van der Waals surface area contributed by atoms with Crippen molar-refractivity contribution < 1.29 is 8.42 Å². The Morgan fingerprint density at radius 1 is 1.20 bits per heavy atom. The lowest BCUT2D eigenvalue weighted by Crippen LogP contribution is -2.10. The molecule has 20 heavy (non-hydrogen) atoms. The third-order valence-corrected chi connectivity index (χ3v) is 3.41. The average molecular weight is 294 g/mol. The third-order valence-electron chi connectivity index (χ3n) is 2.80. The molecular weight excluding hydrogens is 276 g/mol. The Hall–Kier alpha value is -2.02. The van der Waals surface area contributed by atoms with Crippen LogP contribution in [0.4, 0.5) is 11.4 Å². The molecule has 1 heterocycles. The first-order valence-electron chi connectivity index (χ1n) is 6.16. The summed E-state index contributed by atoms with van der Waals surface area (Å²) in [5.41, 5.74) is 2.57. The number of aryl methyl sites for hydroxylation is 1. The zero-order chi connectivity index (χ0) is 14.8. The number of benzene rings is 1. The van der Waals surface area contributed by atoms with Gasteiger partial charge in [0, 0.05) is 25.0 Å². The van der Waals surface area contributed by atoms with E-state index in [1.54, 1.807) is 23.0 Å². The van der Waals surface area contributed by atoms with Gasteiger partial charge in [-0.25, -0.2) is 8.42 Å². The first-order valence-corrected chi connectivity index (χ1v) is 8.05. The Kier molecular flexibility index (Phi) is 3.99. The largest absolute Gasteiger partial charge is 0.376 e. The van der Waals surface area contributed by atoms with Crippen LogP contribution in [0.3, 0.4) is 0 Å². The van der Waals surface area contributed by atoms with Gasteiger partial charge in [-0.1, -0.05) is 12.1 Å². The SMILES string of the molecule is CC(Nc1cnn(C)c1)c1ccc(NS(C)(=O)=O)cc1. The zero-order valence-electron chi connectivity index (χ0n) is 11.7. The van der Waals surface area contributed by atoms with E-state index in [-0.39, 0.29) is 6.04 Å². The molecule has 6 nitrogen and oxygen atoms in total. The van der Waals surface area contributed by atoms with Crippen molar-refractivity contribution in [2.24, 2.45) is 7.05 Å². The van der Waals surface area contributed by atoms with Gasteiger partial charge in [-0.3, -0.25) is 9.40 Å². The van der Waals surface area contributed by atoms with Gasteiger partial charge in [0.1, 0.15) is 0 Å². The molecule has 2 N–H and O–H groups in total. The van der Waals surface area contributed by atoms with E-state index in [2.05, 4.69) is 15.1 Å². The minimum atomic E-state index is -3.23. The molecule has 2 rings (SSSR count). The van der Waals surface area contributed by atoms with Crippen LogP contribution >= 0.6 is 0 Å². The zero-order valence-corrected chi connectivity index (χ0v) is 12.5. The van der Waals surface area contributed by atoms with Gasteiger partial charge in [-0.2, -0.15) is 5.10 Å². The molecule has 0 fully saturated rings. The van der Waals surface area contributed by atoms with Crippen LogP contribution in [-0.2, 0) is 17.1 Å². The highest BCUT2D eigenvalue weighted by molar-refractivity contribution is 7.92. The molecule has 108 valence electrons. The molecule has 7 heteroatoms. The maximum atomic E-state index is 11.1. The first-order chi connectivity index (χ1) is 9.33. The van der Waals surface area contributed by atoms with Crippen LogP contribution in [0.2, 0.25) is 0 Å². The molecule has 0 aliphatic carbocycles. The molecule has 0 bridgehead atoms. The summed E-state index contributed by atoms with van der Waals surface area (Å²) in [5.74, 6) is 0. The molecule has 0 saturated heterocycles. The van der Waals surface area contributed by atoms with Crippen molar-refractivity contribution in [1.82, 2.24) is 9.78 Å². The fraction of sp³-hybridized carbons (Fsp3) is 0.308. The minimum absolute atomic E-state index is 0.103. The first kappa shape index (κ1) is 14.4. The number of hydrogen-bond acceptors (Lipinski definition) is 4. The maximum Gasteiger partial charge on any atom is 0.229 e. The Morgan fingerprint density at radius 3 is 2.35 bits per heavy atom. The lowest BCUT2D eigenvalue weighted by atomic mass is 10.1. The second-order valence-corrected chi connectivity index (χ2v) is 6.51. The lowest BCUT2D eigenvalue weighted by molar-refractivity contribution is 0.607. The molecule has 0 aliphatic heterocycles. The van der Waals surface area contributed by atoms with Crippen molar-refractivity contribution in [3.8, 4) is 0 Å². The number of nitrogens with one attached hydrogen (secondary N) is 2. The van der Waals surface area contributed by atoms with Gasteiger partial charge in [0.2, 0.25) is 10.0 Å². The molecule has 0 spiro atoms. The van der Waals surface area contributed by atoms with E-state index in [0.717, 1.165) is 17.5 Å². The maximum absolute atomic E-state index is 11.1. The van der Waals surface area contributed by atoms with E-state index in [0.29, 0.717) is 5.69 Å². The topological polar surface area (TPSA) is 76.0 Å². The Labute approximate surface area is 118 Å². The van der Waals surface area contributed by atoms with Crippen molar-refractivity contribution in [3.05, 3.63) is 42.2 Å². The second-order valence-electron chi connectivity index (χ2n) is 4.76. The fourth-order valence-corrected chi connectivity index (χ4v) is 2.45. The van der Waals surface area contributed by atoms with Crippen LogP contribution < -0.4 is 10.0 Å². The average Bonchev–Trinajstić information content (AvgIpc) is 2.73. The molecule has 0 aliphatic rings. The summed E-state index contributed by atoms with van der Waals surface area (Å²) < 4.78 is 26.4. The quantitative estimate of drug-likeness (QED) is 0.884. The molecule has 1 unspecified atom stereocenters. The van der Waals surface area contributed by atoms with Crippen molar-refractivity contribution in [2.45, 2.75) is 13.0 Å². The van der Waals surface area contributed by atoms with E-state index < -0.39 is 10.0 Å². The normalized spacial score (nSPS) is 12.9. The van der Waals surface area contributed by atoms with Crippen molar-refractivity contribution in [3.63, 3.8) is 0 Å². The van der Waals surface area contributed by atoms with E-state index >= 15 is 0 Å². The summed E-state index contributed by atoms with van der Waals surface area (Å²) in [6.45, 7) is 2.03. The number of anilines is 2. The molecule has 1 aromatic carbocycles. The van der Waals surface area contributed by atoms with Gasteiger partial charge >= 0.3 is 0 Å². The van der Waals surface area contributed by atoms with E-state index in [4.69, 9.17) is 0 Å². The molecular formula is C13H18N4O2S. The van der Waals surface area contributed by atoms with Gasteiger partial charge in [-0.15, -0.1) is 0 Å². The van der Waals surface area contributed by atoms with E-state index in [9.17, 15) is 8.42 Å².